The first kappa shape index (κ1) is 16.7. The van der Waals surface area contributed by atoms with Gasteiger partial charge in [0.15, 0.2) is 5.78 Å². The topological polar surface area (TPSA) is 43.4 Å². The molecular weight excluding hydrogens is 320 g/mol. The summed E-state index contributed by atoms with van der Waals surface area (Å²) in [6.45, 7) is 4.09. The number of carbonyl (C=O) groups is 2. The van der Waals surface area contributed by atoms with E-state index in [1.807, 2.05) is 48.7 Å². The average Bonchev–Trinajstić information content (AvgIpc) is 3.09. The Morgan fingerprint density at radius 1 is 1.25 bits per heavy atom. The van der Waals surface area contributed by atoms with Gasteiger partial charge in [-0.3, -0.25) is 9.59 Å². The van der Waals surface area contributed by atoms with Crippen LogP contribution in [0.25, 0.3) is 5.57 Å². The second-order valence-electron chi connectivity index (χ2n) is 5.99. The number of hydrogen-bond donors (Lipinski definition) is 0. The van der Waals surface area contributed by atoms with Crippen molar-refractivity contribution < 1.29 is 14.3 Å². The maximum Gasteiger partial charge on any atom is 0.317 e. The number of aryl methyl sites for hydroxylation is 1. The third kappa shape index (κ3) is 3.34. The smallest absolute Gasteiger partial charge is 0.317 e. The first-order chi connectivity index (χ1) is 11.6. The van der Waals surface area contributed by atoms with Gasteiger partial charge in [-0.25, -0.2) is 0 Å². The predicted molar refractivity (Wildman–Crippen MR) is 96.0 cm³/mol. The molecule has 2 aromatic rings. The lowest BCUT2D eigenvalue weighted by Crippen LogP contribution is -2.33. The summed E-state index contributed by atoms with van der Waals surface area (Å²) in [6.07, 6.45) is 2.29. The number of carbonyl (C=O) groups excluding carboxylic acids is 2. The van der Waals surface area contributed by atoms with E-state index in [0.717, 1.165) is 16.0 Å². The minimum Gasteiger partial charge on any atom is -0.465 e. The van der Waals surface area contributed by atoms with Crippen molar-refractivity contribution >= 4 is 28.7 Å². The minimum atomic E-state index is -0.738. The van der Waals surface area contributed by atoms with E-state index in [1.165, 1.54) is 5.56 Å². The highest BCUT2D eigenvalue weighted by molar-refractivity contribution is 7.10. The van der Waals surface area contributed by atoms with E-state index in [9.17, 15) is 9.59 Å². The normalized spacial score (nSPS) is 20.6. The van der Waals surface area contributed by atoms with Gasteiger partial charge in [0, 0.05) is 10.8 Å². The second-order valence-corrected chi connectivity index (χ2v) is 6.97. The first-order valence-electron chi connectivity index (χ1n) is 8.11. The Bertz CT molecular complexity index is 757. The predicted octanol–water partition coefficient (Wildman–Crippen LogP) is 4.38. The molecule has 0 aliphatic heterocycles. The largest absolute Gasteiger partial charge is 0.465 e. The lowest BCUT2D eigenvalue weighted by Gasteiger charge is -2.28. The number of ether oxygens (including phenoxy) is 1. The fourth-order valence-electron chi connectivity index (χ4n) is 3.12. The lowest BCUT2D eigenvalue weighted by atomic mass is 9.76. The van der Waals surface area contributed by atoms with Crippen LogP contribution in [0.1, 0.15) is 35.3 Å². The molecule has 0 saturated carbocycles. The van der Waals surface area contributed by atoms with Gasteiger partial charge < -0.3 is 4.74 Å². The fraction of sp³-hybridized carbons (Fsp3) is 0.300. The summed E-state index contributed by atoms with van der Waals surface area (Å²) in [4.78, 5) is 26.1. The van der Waals surface area contributed by atoms with Crippen molar-refractivity contribution in [2.45, 2.75) is 26.2 Å². The molecule has 1 heterocycles. The monoisotopic (exact) mass is 340 g/mol. The van der Waals surface area contributed by atoms with Gasteiger partial charge in [0.1, 0.15) is 5.92 Å². The zero-order chi connectivity index (χ0) is 17.1. The van der Waals surface area contributed by atoms with Crippen molar-refractivity contribution in [2.24, 2.45) is 5.92 Å². The van der Waals surface area contributed by atoms with Crippen molar-refractivity contribution in [3.63, 3.8) is 0 Å². The van der Waals surface area contributed by atoms with E-state index >= 15 is 0 Å². The Labute approximate surface area is 146 Å². The van der Waals surface area contributed by atoms with Gasteiger partial charge in [0.2, 0.25) is 0 Å². The van der Waals surface area contributed by atoms with Crippen LogP contribution in [0.3, 0.4) is 0 Å². The Kier molecular flexibility index (Phi) is 4.95. The summed E-state index contributed by atoms with van der Waals surface area (Å²) in [5.74, 6) is -1.47. The highest BCUT2D eigenvalue weighted by Gasteiger charge is 2.40. The van der Waals surface area contributed by atoms with Crippen LogP contribution in [-0.4, -0.2) is 18.4 Å². The van der Waals surface area contributed by atoms with Crippen LogP contribution in [0, 0.1) is 12.8 Å². The molecule has 3 rings (SSSR count). The number of esters is 1. The van der Waals surface area contributed by atoms with Crippen LogP contribution >= 0.6 is 11.3 Å². The van der Waals surface area contributed by atoms with E-state index in [2.05, 4.69) is 0 Å². The molecule has 3 nitrogen and oxygen atoms in total. The molecule has 4 heteroatoms. The quantitative estimate of drug-likeness (QED) is 0.613. The number of ketones is 1. The summed E-state index contributed by atoms with van der Waals surface area (Å²) in [7, 11) is 0. The van der Waals surface area contributed by atoms with Gasteiger partial charge in [-0.05, 0) is 48.9 Å². The molecule has 1 aliphatic rings. The van der Waals surface area contributed by atoms with Crippen LogP contribution in [-0.2, 0) is 14.3 Å². The van der Waals surface area contributed by atoms with Crippen molar-refractivity contribution in [2.75, 3.05) is 6.61 Å². The molecule has 24 heavy (non-hydrogen) atoms. The molecule has 0 bridgehead atoms. The van der Waals surface area contributed by atoms with Crippen LogP contribution in [0.15, 0.2) is 47.9 Å². The SMILES string of the molecule is CCOC(=O)[C@@H]1C(=O)C=C(c2ccc(C)cc2)C[C@H]1c1cccs1. The van der Waals surface area contributed by atoms with Gasteiger partial charge >= 0.3 is 5.97 Å². The van der Waals surface area contributed by atoms with Gasteiger partial charge in [0.05, 0.1) is 6.61 Å². The van der Waals surface area contributed by atoms with Crippen LogP contribution < -0.4 is 0 Å². The van der Waals surface area contributed by atoms with E-state index < -0.39 is 11.9 Å². The highest BCUT2D eigenvalue weighted by atomic mass is 32.1. The second kappa shape index (κ2) is 7.14. The lowest BCUT2D eigenvalue weighted by molar-refractivity contribution is -0.151. The number of thiophene rings is 1. The molecular formula is C20H20O3S. The van der Waals surface area contributed by atoms with E-state index in [4.69, 9.17) is 4.74 Å². The number of benzene rings is 1. The van der Waals surface area contributed by atoms with Crippen LogP contribution in [0.5, 0.6) is 0 Å². The van der Waals surface area contributed by atoms with Crippen molar-refractivity contribution in [1.29, 1.82) is 0 Å². The third-order valence-electron chi connectivity index (χ3n) is 4.34. The zero-order valence-corrected chi connectivity index (χ0v) is 14.6. The molecule has 0 fully saturated rings. The molecule has 1 aromatic carbocycles. The highest BCUT2D eigenvalue weighted by Crippen LogP contribution is 2.41. The van der Waals surface area contributed by atoms with Crippen LogP contribution in [0.4, 0.5) is 0 Å². The maximum absolute atomic E-state index is 12.7. The summed E-state index contributed by atoms with van der Waals surface area (Å²) < 4.78 is 5.15. The standard InChI is InChI=1S/C20H20O3S/c1-3-23-20(22)19-16(18-5-4-10-24-18)11-15(12-17(19)21)14-8-6-13(2)7-9-14/h4-10,12,16,19H,3,11H2,1-2H3/t16-,19-/m0/s1. The number of allylic oxidation sites excluding steroid dienone is 2. The molecule has 0 radical (unpaired) electrons. The van der Waals surface area contributed by atoms with Crippen molar-refractivity contribution in [3.05, 3.63) is 63.9 Å². The molecule has 124 valence electrons. The molecule has 0 amide bonds. The van der Waals surface area contributed by atoms with E-state index in [1.54, 1.807) is 24.3 Å². The molecule has 2 atom stereocenters. The molecule has 0 spiro atoms. The third-order valence-corrected chi connectivity index (χ3v) is 5.34. The molecule has 0 unspecified atom stereocenters. The van der Waals surface area contributed by atoms with E-state index in [0.29, 0.717) is 6.42 Å². The van der Waals surface area contributed by atoms with Gasteiger partial charge in [-0.15, -0.1) is 11.3 Å². The van der Waals surface area contributed by atoms with Gasteiger partial charge in [-0.1, -0.05) is 35.9 Å². The van der Waals surface area contributed by atoms with Crippen molar-refractivity contribution in [1.82, 2.24) is 0 Å². The van der Waals surface area contributed by atoms with Crippen molar-refractivity contribution in [3.8, 4) is 0 Å². The minimum absolute atomic E-state index is 0.155. The fourth-order valence-corrected chi connectivity index (χ4v) is 3.99. The summed E-state index contributed by atoms with van der Waals surface area (Å²) in [5, 5.41) is 1.98. The maximum atomic E-state index is 12.7. The van der Waals surface area contributed by atoms with Crippen LogP contribution in [0.2, 0.25) is 0 Å². The summed E-state index contributed by atoms with van der Waals surface area (Å²) in [5.41, 5.74) is 3.21. The molecule has 0 N–H and O–H groups in total. The summed E-state index contributed by atoms with van der Waals surface area (Å²) >= 11 is 1.58. The Hall–Kier alpha value is -2.20. The number of rotatable bonds is 4. The first-order valence-corrected chi connectivity index (χ1v) is 8.99. The van der Waals surface area contributed by atoms with Gasteiger partial charge in [0.25, 0.3) is 0 Å². The average molecular weight is 340 g/mol. The Balaban J connectivity index is 1.98. The number of hydrogen-bond acceptors (Lipinski definition) is 4. The Morgan fingerprint density at radius 3 is 2.62 bits per heavy atom. The van der Waals surface area contributed by atoms with E-state index in [-0.39, 0.29) is 18.3 Å². The zero-order valence-electron chi connectivity index (χ0n) is 13.8. The van der Waals surface area contributed by atoms with Gasteiger partial charge in [-0.2, -0.15) is 0 Å². The molecule has 0 saturated heterocycles. The Morgan fingerprint density at radius 2 is 2.00 bits per heavy atom. The molecule has 1 aromatic heterocycles. The molecule has 1 aliphatic carbocycles. The summed E-state index contributed by atoms with van der Waals surface area (Å²) in [6, 6.07) is 12.1.